The summed E-state index contributed by atoms with van der Waals surface area (Å²) in [5.74, 6) is 0.677. The summed E-state index contributed by atoms with van der Waals surface area (Å²) in [6, 6.07) is 7.75. The molecule has 2 amide bonds. The van der Waals surface area contributed by atoms with E-state index in [-0.39, 0.29) is 18.1 Å². The summed E-state index contributed by atoms with van der Waals surface area (Å²) in [6.07, 6.45) is 1.77. The van der Waals surface area contributed by atoms with E-state index in [0.717, 1.165) is 43.0 Å². The quantitative estimate of drug-likeness (QED) is 0.475. The Bertz CT molecular complexity index is 830. The van der Waals surface area contributed by atoms with Gasteiger partial charge >= 0.3 is 6.09 Å². The van der Waals surface area contributed by atoms with Gasteiger partial charge in [0.25, 0.3) is 5.91 Å². The molecule has 32 heavy (non-hydrogen) atoms. The molecule has 2 fully saturated rings. The molecule has 0 aliphatic carbocycles. The monoisotopic (exact) mass is 445 g/mol. The molecule has 1 aromatic carbocycles. The number of nitrogens with one attached hydrogen (secondary N) is 3. The third kappa shape index (κ3) is 7.12. The number of guanidine groups is 1. The van der Waals surface area contributed by atoms with Gasteiger partial charge in [-0.15, -0.1) is 0 Å². The normalized spacial score (nSPS) is 21.4. The van der Waals surface area contributed by atoms with Crippen LogP contribution in [0.25, 0.3) is 0 Å². The predicted molar refractivity (Wildman–Crippen MR) is 124 cm³/mol. The number of likely N-dealkylation sites (tertiary alicyclic amines) is 1. The Hall–Kier alpha value is -2.81. The molecule has 0 bridgehead atoms. The fraction of sp³-hybridized carbons (Fsp3) is 0.609. The van der Waals surface area contributed by atoms with E-state index in [9.17, 15) is 9.59 Å². The van der Waals surface area contributed by atoms with Crippen LogP contribution in [-0.4, -0.2) is 67.4 Å². The third-order valence-corrected chi connectivity index (χ3v) is 5.29. The number of anilines is 1. The summed E-state index contributed by atoms with van der Waals surface area (Å²) in [4.78, 5) is 30.8. The molecule has 0 saturated carbocycles. The molecule has 2 heterocycles. The second-order valence-corrected chi connectivity index (χ2v) is 9.17. The van der Waals surface area contributed by atoms with Gasteiger partial charge in [-0.1, -0.05) is 12.1 Å². The van der Waals surface area contributed by atoms with Crippen LogP contribution in [0.5, 0.6) is 0 Å². The zero-order valence-electron chi connectivity index (χ0n) is 19.4. The average molecular weight is 446 g/mol. The summed E-state index contributed by atoms with van der Waals surface area (Å²) in [7, 11) is 1.75. The van der Waals surface area contributed by atoms with Crippen LogP contribution >= 0.6 is 0 Å². The second kappa shape index (κ2) is 10.7. The summed E-state index contributed by atoms with van der Waals surface area (Å²) in [5.41, 5.74) is 1.26. The van der Waals surface area contributed by atoms with Crippen molar-refractivity contribution in [1.82, 2.24) is 15.5 Å². The zero-order chi connectivity index (χ0) is 23.1. The molecule has 9 nitrogen and oxygen atoms in total. The van der Waals surface area contributed by atoms with Crippen molar-refractivity contribution in [2.75, 3.05) is 32.1 Å². The van der Waals surface area contributed by atoms with E-state index in [1.54, 1.807) is 7.05 Å². The lowest BCUT2D eigenvalue weighted by molar-refractivity contribution is -0.124. The number of ether oxygens (including phenoxy) is 2. The molecule has 3 N–H and O–H groups in total. The number of rotatable bonds is 5. The number of alkyl carbamates (subject to hydrolysis) is 1. The lowest BCUT2D eigenvalue weighted by Gasteiger charge is -2.23. The van der Waals surface area contributed by atoms with Crippen molar-refractivity contribution in [3.8, 4) is 0 Å². The highest BCUT2D eigenvalue weighted by molar-refractivity contribution is 5.94. The van der Waals surface area contributed by atoms with Gasteiger partial charge < -0.3 is 30.3 Å². The number of hydrogen-bond acceptors (Lipinski definition) is 5. The lowest BCUT2D eigenvalue weighted by atomic mass is 10.2. The fourth-order valence-corrected chi connectivity index (χ4v) is 3.82. The van der Waals surface area contributed by atoms with Crippen LogP contribution in [0.2, 0.25) is 0 Å². The van der Waals surface area contributed by atoms with Crippen LogP contribution in [0, 0.1) is 0 Å². The SMILES string of the molecule is CN=C(NCc1cccc(NC(=O)C2CCCO2)c1)N1CCC(NC(=O)OC(C)(C)C)C1. The minimum Gasteiger partial charge on any atom is -0.444 e. The number of carbonyl (C=O) groups is 2. The van der Waals surface area contributed by atoms with E-state index < -0.39 is 11.7 Å². The second-order valence-electron chi connectivity index (χ2n) is 9.17. The van der Waals surface area contributed by atoms with Crippen molar-refractivity contribution in [3.63, 3.8) is 0 Å². The first-order valence-electron chi connectivity index (χ1n) is 11.2. The number of benzene rings is 1. The standard InChI is InChI=1S/C23H35N5O4/c1-23(2,3)32-22(30)27-18-10-11-28(15-18)21(24-4)25-14-16-7-5-8-17(13-16)26-20(29)19-9-6-12-31-19/h5,7-8,13,18-19H,6,9-12,14-15H2,1-4H3,(H,24,25)(H,26,29)(H,27,30). The van der Waals surface area contributed by atoms with Crippen molar-refractivity contribution in [1.29, 1.82) is 0 Å². The molecule has 2 aliphatic heterocycles. The van der Waals surface area contributed by atoms with Gasteiger partial charge in [-0.25, -0.2) is 4.79 Å². The minimum atomic E-state index is -0.516. The van der Waals surface area contributed by atoms with Crippen LogP contribution < -0.4 is 16.0 Å². The van der Waals surface area contributed by atoms with Gasteiger partial charge in [0.1, 0.15) is 11.7 Å². The molecule has 0 spiro atoms. The highest BCUT2D eigenvalue weighted by Gasteiger charge is 2.28. The molecule has 0 radical (unpaired) electrons. The first-order chi connectivity index (χ1) is 15.2. The van der Waals surface area contributed by atoms with E-state index in [1.807, 2.05) is 45.0 Å². The van der Waals surface area contributed by atoms with Crippen LogP contribution in [0.3, 0.4) is 0 Å². The molecule has 9 heteroatoms. The van der Waals surface area contributed by atoms with Gasteiger partial charge in [-0.3, -0.25) is 9.79 Å². The van der Waals surface area contributed by atoms with Crippen LogP contribution in [0.1, 0.15) is 45.6 Å². The number of aliphatic imine (C=N–C) groups is 1. The van der Waals surface area contributed by atoms with Crippen LogP contribution in [0.4, 0.5) is 10.5 Å². The summed E-state index contributed by atoms with van der Waals surface area (Å²) in [6.45, 7) is 8.21. The van der Waals surface area contributed by atoms with Crippen molar-refractivity contribution < 1.29 is 19.1 Å². The first kappa shape index (κ1) is 23.8. The summed E-state index contributed by atoms with van der Waals surface area (Å²) >= 11 is 0. The molecule has 0 aromatic heterocycles. The van der Waals surface area contributed by atoms with Gasteiger partial charge in [0, 0.05) is 39.0 Å². The number of hydrogen-bond donors (Lipinski definition) is 3. The number of amides is 2. The molecule has 2 saturated heterocycles. The Morgan fingerprint density at radius 3 is 2.78 bits per heavy atom. The van der Waals surface area contributed by atoms with Gasteiger partial charge in [0.15, 0.2) is 5.96 Å². The Kier molecular flexibility index (Phi) is 7.95. The topological polar surface area (TPSA) is 104 Å². The molecule has 2 atom stereocenters. The van der Waals surface area contributed by atoms with E-state index in [1.165, 1.54) is 0 Å². The van der Waals surface area contributed by atoms with E-state index in [2.05, 4.69) is 25.8 Å². The van der Waals surface area contributed by atoms with E-state index in [0.29, 0.717) is 19.7 Å². The van der Waals surface area contributed by atoms with E-state index in [4.69, 9.17) is 9.47 Å². The molecule has 2 unspecified atom stereocenters. The number of carbonyl (C=O) groups excluding carboxylic acids is 2. The van der Waals surface area contributed by atoms with Crippen molar-refractivity contribution in [2.45, 2.75) is 64.3 Å². The highest BCUT2D eigenvalue weighted by atomic mass is 16.6. The Balaban J connectivity index is 1.48. The van der Waals surface area contributed by atoms with Crippen LogP contribution in [0.15, 0.2) is 29.3 Å². The van der Waals surface area contributed by atoms with Gasteiger partial charge in [0.05, 0.1) is 6.04 Å². The lowest BCUT2D eigenvalue weighted by Crippen LogP contribution is -2.44. The maximum absolute atomic E-state index is 12.3. The molecule has 3 rings (SSSR count). The summed E-state index contributed by atoms with van der Waals surface area (Å²) < 4.78 is 10.8. The average Bonchev–Trinajstić information content (AvgIpc) is 3.40. The van der Waals surface area contributed by atoms with Gasteiger partial charge in [-0.05, 0) is 57.7 Å². The molecular weight excluding hydrogens is 410 g/mol. The fourth-order valence-electron chi connectivity index (χ4n) is 3.82. The largest absolute Gasteiger partial charge is 0.444 e. The highest BCUT2D eigenvalue weighted by Crippen LogP contribution is 2.17. The van der Waals surface area contributed by atoms with Crippen molar-refractivity contribution >= 4 is 23.6 Å². The van der Waals surface area contributed by atoms with Gasteiger partial charge in [0.2, 0.25) is 0 Å². The third-order valence-electron chi connectivity index (χ3n) is 5.29. The maximum Gasteiger partial charge on any atom is 0.407 e. The first-order valence-corrected chi connectivity index (χ1v) is 11.2. The maximum atomic E-state index is 12.3. The minimum absolute atomic E-state index is 0.0137. The Labute approximate surface area is 189 Å². The summed E-state index contributed by atoms with van der Waals surface area (Å²) in [5, 5.41) is 9.24. The predicted octanol–water partition coefficient (Wildman–Crippen LogP) is 2.48. The Morgan fingerprint density at radius 2 is 2.09 bits per heavy atom. The number of nitrogens with zero attached hydrogens (tertiary/aromatic N) is 2. The molecule has 2 aliphatic rings. The van der Waals surface area contributed by atoms with E-state index >= 15 is 0 Å². The van der Waals surface area contributed by atoms with Crippen molar-refractivity contribution in [3.05, 3.63) is 29.8 Å². The van der Waals surface area contributed by atoms with Gasteiger partial charge in [-0.2, -0.15) is 0 Å². The molecule has 1 aromatic rings. The Morgan fingerprint density at radius 1 is 1.28 bits per heavy atom. The molecule has 176 valence electrons. The van der Waals surface area contributed by atoms with Crippen molar-refractivity contribution in [2.24, 2.45) is 4.99 Å². The van der Waals surface area contributed by atoms with Crippen LogP contribution in [-0.2, 0) is 20.8 Å². The molecular formula is C23H35N5O4. The zero-order valence-corrected chi connectivity index (χ0v) is 19.4. The smallest absolute Gasteiger partial charge is 0.407 e.